The van der Waals surface area contributed by atoms with Gasteiger partial charge in [-0.15, -0.1) is 0 Å². The fourth-order valence-corrected chi connectivity index (χ4v) is 1.23. The highest BCUT2D eigenvalue weighted by atomic mass is 35.5. The maximum absolute atomic E-state index is 11.5. The van der Waals surface area contributed by atoms with Crippen molar-refractivity contribution in [3.63, 3.8) is 0 Å². The molecule has 0 aliphatic heterocycles. The molecule has 0 atom stereocenters. The van der Waals surface area contributed by atoms with Crippen molar-refractivity contribution in [3.8, 4) is 0 Å². The van der Waals surface area contributed by atoms with Crippen LogP contribution in [0.5, 0.6) is 0 Å². The van der Waals surface area contributed by atoms with Crippen molar-refractivity contribution >= 4 is 23.4 Å². The molecule has 1 aromatic carbocycles. The summed E-state index contributed by atoms with van der Waals surface area (Å²) in [5, 5.41) is 0.627. The maximum atomic E-state index is 11.5. The number of rotatable bonds is 3. The van der Waals surface area contributed by atoms with Gasteiger partial charge in [0.2, 0.25) is 11.8 Å². The lowest BCUT2D eigenvalue weighted by atomic mass is 10.1. The molecule has 5 heteroatoms. The summed E-state index contributed by atoms with van der Waals surface area (Å²) in [5.41, 5.74) is 5.54. The molecule has 1 rings (SSSR count). The highest BCUT2D eigenvalue weighted by Gasteiger charge is 2.08. The molecule has 0 aliphatic rings. The molecule has 0 heterocycles. The summed E-state index contributed by atoms with van der Waals surface area (Å²) < 4.78 is 0. The smallest absolute Gasteiger partial charge is 0.242 e. The molecule has 92 valence electrons. The Bertz CT molecular complexity index is 401. The van der Waals surface area contributed by atoms with Gasteiger partial charge in [0.15, 0.2) is 0 Å². The number of carbonyl (C=O) groups excluding carboxylic acids is 2. The van der Waals surface area contributed by atoms with Gasteiger partial charge >= 0.3 is 0 Å². The highest BCUT2D eigenvalue weighted by molar-refractivity contribution is 6.30. The van der Waals surface area contributed by atoms with Crippen molar-refractivity contribution in [2.24, 2.45) is 5.92 Å². The standard InChI is InChI=1S/C12H15ClN2O2/c1-8(2)12(17)15-14-11(16)7-9-3-5-10(13)6-4-9/h3-6,8H,7H2,1-2H3,(H,14,16)(H,15,17). The highest BCUT2D eigenvalue weighted by Crippen LogP contribution is 2.09. The average molecular weight is 255 g/mol. The topological polar surface area (TPSA) is 58.2 Å². The molecule has 0 saturated carbocycles. The molecule has 0 spiro atoms. The predicted octanol–water partition coefficient (Wildman–Crippen LogP) is 1.69. The monoisotopic (exact) mass is 254 g/mol. The van der Waals surface area contributed by atoms with E-state index in [2.05, 4.69) is 10.9 Å². The van der Waals surface area contributed by atoms with Crippen LogP contribution in [0, 0.1) is 5.92 Å². The minimum Gasteiger partial charge on any atom is -0.273 e. The van der Waals surface area contributed by atoms with E-state index < -0.39 is 0 Å². The summed E-state index contributed by atoms with van der Waals surface area (Å²) in [7, 11) is 0. The van der Waals surface area contributed by atoms with E-state index in [0.29, 0.717) is 5.02 Å². The number of amides is 2. The first-order chi connectivity index (χ1) is 7.99. The number of carbonyl (C=O) groups is 2. The number of hydrazine groups is 1. The Kier molecular flexibility index (Phi) is 4.97. The minimum atomic E-state index is -0.263. The van der Waals surface area contributed by atoms with Gasteiger partial charge in [-0.1, -0.05) is 37.6 Å². The molecule has 0 unspecified atom stereocenters. The van der Waals surface area contributed by atoms with Crippen LogP contribution in [0.1, 0.15) is 19.4 Å². The molecule has 2 N–H and O–H groups in total. The Morgan fingerprint density at radius 2 is 1.76 bits per heavy atom. The van der Waals surface area contributed by atoms with E-state index >= 15 is 0 Å². The number of benzene rings is 1. The SMILES string of the molecule is CC(C)C(=O)NNC(=O)Cc1ccc(Cl)cc1. The van der Waals surface area contributed by atoms with Crippen LogP contribution in [-0.2, 0) is 16.0 Å². The zero-order valence-corrected chi connectivity index (χ0v) is 10.5. The summed E-state index contributed by atoms with van der Waals surface area (Å²) in [4.78, 5) is 22.7. The third kappa shape index (κ3) is 4.87. The fraction of sp³-hybridized carbons (Fsp3) is 0.333. The van der Waals surface area contributed by atoms with Crippen molar-refractivity contribution < 1.29 is 9.59 Å². The normalized spacial score (nSPS) is 10.1. The van der Waals surface area contributed by atoms with Gasteiger partial charge in [-0.25, -0.2) is 0 Å². The van der Waals surface area contributed by atoms with Gasteiger partial charge in [-0.2, -0.15) is 0 Å². The van der Waals surface area contributed by atoms with E-state index in [1.54, 1.807) is 38.1 Å². The van der Waals surface area contributed by atoms with Crippen LogP contribution < -0.4 is 10.9 Å². The third-order valence-electron chi connectivity index (χ3n) is 2.13. The molecule has 0 fully saturated rings. The van der Waals surface area contributed by atoms with Crippen LogP contribution in [0.2, 0.25) is 5.02 Å². The second-order valence-corrected chi connectivity index (χ2v) is 4.43. The molecule has 0 aliphatic carbocycles. The molecule has 1 aromatic rings. The Morgan fingerprint density at radius 1 is 1.18 bits per heavy atom. The van der Waals surface area contributed by atoms with Crippen LogP contribution >= 0.6 is 11.6 Å². The first kappa shape index (κ1) is 13.5. The van der Waals surface area contributed by atoms with Crippen molar-refractivity contribution in [2.75, 3.05) is 0 Å². The van der Waals surface area contributed by atoms with Crippen LogP contribution in [0.15, 0.2) is 24.3 Å². The third-order valence-corrected chi connectivity index (χ3v) is 2.38. The van der Waals surface area contributed by atoms with Gasteiger partial charge in [0.1, 0.15) is 0 Å². The van der Waals surface area contributed by atoms with Gasteiger partial charge in [0.05, 0.1) is 6.42 Å². The molecule has 17 heavy (non-hydrogen) atoms. The lowest BCUT2D eigenvalue weighted by molar-refractivity contribution is -0.130. The summed E-state index contributed by atoms with van der Waals surface area (Å²) in [6.45, 7) is 3.50. The van der Waals surface area contributed by atoms with E-state index in [1.165, 1.54) is 0 Å². The Hall–Kier alpha value is -1.55. The van der Waals surface area contributed by atoms with Crippen molar-refractivity contribution in [2.45, 2.75) is 20.3 Å². The van der Waals surface area contributed by atoms with Gasteiger partial charge in [0, 0.05) is 10.9 Å². The van der Waals surface area contributed by atoms with Crippen LogP contribution in [0.3, 0.4) is 0 Å². The molecule has 0 radical (unpaired) electrons. The predicted molar refractivity (Wildman–Crippen MR) is 66.3 cm³/mol. The van der Waals surface area contributed by atoms with Crippen LogP contribution in [0.4, 0.5) is 0 Å². The Morgan fingerprint density at radius 3 is 2.29 bits per heavy atom. The van der Waals surface area contributed by atoms with Crippen LogP contribution in [-0.4, -0.2) is 11.8 Å². The first-order valence-corrected chi connectivity index (χ1v) is 5.70. The van der Waals surface area contributed by atoms with Crippen molar-refractivity contribution in [3.05, 3.63) is 34.9 Å². The first-order valence-electron chi connectivity index (χ1n) is 5.32. The summed E-state index contributed by atoms with van der Waals surface area (Å²) in [6, 6.07) is 6.98. The zero-order chi connectivity index (χ0) is 12.8. The minimum absolute atomic E-state index is 0.161. The molecular formula is C12H15ClN2O2. The maximum Gasteiger partial charge on any atom is 0.242 e. The van der Waals surface area contributed by atoms with Gasteiger partial charge in [-0.3, -0.25) is 20.4 Å². The van der Waals surface area contributed by atoms with E-state index in [1.807, 2.05) is 0 Å². The Balaban J connectivity index is 2.40. The van der Waals surface area contributed by atoms with E-state index in [-0.39, 0.29) is 24.2 Å². The van der Waals surface area contributed by atoms with Crippen molar-refractivity contribution in [1.82, 2.24) is 10.9 Å². The lowest BCUT2D eigenvalue weighted by Gasteiger charge is -2.09. The summed E-state index contributed by atoms with van der Waals surface area (Å²) in [5.74, 6) is -0.637. The number of nitrogens with one attached hydrogen (secondary N) is 2. The lowest BCUT2D eigenvalue weighted by Crippen LogP contribution is -2.44. The van der Waals surface area contributed by atoms with E-state index in [9.17, 15) is 9.59 Å². The summed E-state index contributed by atoms with van der Waals surface area (Å²) in [6.07, 6.45) is 0.204. The molecule has 0 saturated heterocycles. The molecular weight excluding hydrogens is 240 g/mol. The van der Waals surface area contributed by atoms with E-state index in [4.69, 9.17) is 11.6 Å². The second-order valence-electron chi connectivity index (χ2n) is 4.00. The fourth-order valence-electron chi connectivity index (χ4n) is 1.11. The number of halogens is 1. The zero-order valence-electron chi connectivity index (χ0n) is 9.79. The van der Waals surface area contributed by atoms with Gasteiger partial charge in [-0.05, 0) is 17.7 Å². The molecule has 0 aromatic heterocycles. The molecule has 2 amide bonds. The van der Waals surface area contributed by atoms with Crippen LogP contribution in [0.25, 0.3) is 0 Å². The quantitative estimate of drug-likeness (QED) is 0.807. The van der Waals surface area contributed by atoms with E-state index in [0.717, 1.165) is 5.56 Å². The average Bonchev–Trinajstić information content (AvgIpc) is 2.29. The second kappa shape index (κ2) is 6.25. The Labute approximate surface area is 105 Å². The summed E-state index contributed by atoms with van der Waals surface area (Å²) >= 11 is 5.73. The van der Waals surface area contributed by atoms with Gasteiger partial charge in [0.25, 0.3) is 0 Å². The molecule has 4 nitrogen and oxygen atoms in total. The molecule has 0 bridgehead atoms. The number of hydrogen-bond acceptors (Lipinski definition) is 2. The number of hydrogen-bond donors (Lipinski definition) is 2. The van der Waals surface area contributed by atoms with Crippen molar-refractivity contribution in [1.29, 1.82) is 0 Å². The van der Waals surface area contributed by atoms with Gasteiger partial charge < -0.3 is 0 Å². The largest absolute Gasteiger partial charge is 0.273 e.